The molecule has 0 heterocycles. The lowest BCUT2D eigenvalue weighted by Gasteiger charge is -2.20. The first kappa shape index (κ1) is 52.4. The average molecular weight is 800 g/mol. The number of ether oxygens (including phenoxy) is 2. The van der Waals surface area contributed by atoms with Crippen molar-refractivity contribution in [3.63, 3.8) is 0 Å². The van der Waals surface area contributed by atoms with E-state index in [0.717, 1.165) is 77.0 Å². The number of hydrogen-bond donors (Lipinski definition) is 4. The summed E-state index contributed by atoms with van der Waals surface area (Å²) in [6.45, 7) is 2.55. The van der Waals surface area contributed by atoms with Gasteiger partial charge in [0, 0.05) is 12.8 Å². The number of hydrogen-bond acceptors (Lipinski definition) is 10. The first-order valence-electron chi connectivity index (χ1n) is 20.8. The fourth-order valence-corrected chi connectivity index (χ4v) is 6.14. The van der Waals surface area contributed by atoms with E-state index in [1.54, 1.807) is 6.08 Å². The molecule has 0 aromatic carbocycles. The molecule has 0 aliphatic heterocycles. The van der Waals surface area contributed by atoms with Crippen LogP contribution in [0.15, 0.2) is 48.6 Å². The van der Waals surface area contributed by atoms with E-state index >= 15 is 0 Å². The highest BCUT2D eigenvalue weighted by atomic mass is 31.2. The number of aliphatic hydroxyl groups is 1. The Hall–Kier alpha value is -2.60. The molecule has 4 atom stereocenters. The smallest absolute Gasteiger partial charge is 0.472 e. The summed E-state index contributed by atoms with van der Waals surface area (Å²) in [7, 11) is -4.74. The van der Waals surface area contributed by atoms with Crippen LogP contribution in [0.3, 0.4) is 0 Å². The monoisotopic (exact) mass is 799 g/mol. The van der Waals surface area contributed by atoms with Gasteiger partial charge in [-0.1, -0.05) is 140 Å². The van der Waals surface area contributed by atoms with Gasteiger partial charge < -0.3 is 30.3 Å². The molecule has 5 N–H and O–H groups in total. The minimum absolute atomic E-state index is 0.130. The van der Waals surface area contributed by atoms with Gasteiger partial charge in [-0.3, -0.25) is 23.4 Å². The molecule has 0 aromatic rings. The number of allylic oxidation sites excluding steroid dienone is 7. The van der Waals surface area contributed by atoms with Crippen LogP contribution in [0.2, 0.25) is 0 Å². The predicted octanol–water partition coefficient (Wildman–Crippen LogP) is 9.58. The molecule has 318 valence electrons. The summed E-state index contributed by atoms with van der Waals surface area (Å²) in [5.74, 6) is -2.48. The zero-order valence-corrected chi connectivity index (χ0v) is 34.8. The number of esters is 2. The molecule has 0 rings (SSSR count). The molecule has 12 nitrogen and oxygen atoms in total. The highest BCUT2D eigenvalue weighted by molar-refractivity contribution is 7.47. The highest BCUT2D eigenvalue weighted by Gasteiger charge is 2.28. The topological polar surface area (TPSA) is 192 Å². The number of nitrogens with two attached hydrogens (primary N) is 1. The Kier molecular flexibility index (Phi) is 35.3. The number of phosphoric ester groups is 1. The van der Waals surface area contributed by atoms with Gasteiger partial charge in [-0.2, -0.15) is 0 Å². The summed E-state index contributed by atoms with van der Waals surface area (Å²) in [5, 5.41) is 19.0. The standard InChI is InChI=1S/C42H74NO11P/c1-3-5-7-9-11-12-13-14-15-16-17-18-20-24-29-33-41(46)54-38(35-52-55(49,50)53-36-39(43)42(47)48)34-51-40(45)32-28-25-21-23-27-31-37(44)30-26-22-19-10-8-6-4-2/h6,8,14-15,19,22,26,30,37-39,44H,3-5,7,9-13,16-18,20-21,23-25,27-29,31-36,43H2,1-2H3,(H,47,48)(H,49,50)/b8-6+,15-14-,22-19+,30-26+/t37?,38-,39+/m1/s1. The molecule has 0 saturated carbocycles. The van der Waals surface area contributed by atoms with Gasteiger partial charge in [-0.05, 0) is 57.8 Å². The van der Waals surface area contributed by atoms with E-state index in [4.69, 9.17) is 24.8 Å². The zero-order valence-electron chi connectivity index (χ0n) is 33.9. The summed E-state index contributed by atoms with van der Waals surface area (Å²) in [5.41, 5.74) is 5.32. The minimum atomic E-state index is -4.74. The van der Waals surface area contributed by atoms with Gasteiger partial charge >= 0.3 is 25.7 Å². The van der Waals surface area contributed by atoms with Crippen LogP contribution in [-0.2, 0) is 37.5 Å². The molecule has 0 fully saturated rings. The second-order valence-electron chi connectivity index (χ2n) is 13.9. The summed E-state index contributed by atoms with van der Waals surface area (Å²) < 4.78 is 32.6. The van der Waals surface area contributed by atoms with E-state index in [-0.39, 0.29) is 19.4 Å². The third-order valence-corrected chi connectivity index (χ3v) is 9.62. The van der Waals surface area contributed by atoms with E-state index in [9.17, 15) is 28.9 Å². The van der Waals surface area contributed by atoms with E-state index in [0.29, 0.717) is 19.3 Å². The number of unbranched alkanes of at least 4 members (excludes halogenated alkanes) is 15. The number of aliphatic carboxylic acids is 1. The molecule has 2 unspecified atom stereocenters. The van der Waals surface area contributed by atoms with Crippen molar-refractivity contribution in [2.24, 2.45) is 5.73 Å². The lowest BCUT2D eigenvalue weighted by molar-refractivity contribution is -0.161. The number of carbonyl (C=O) groups excluding carboxylic acids is 2. The maximum Gasteiger partial charge on any atom is 0.472 e. The van der Waals surface area contributed by atoms with Crippen molar-refractivity contribution in [1.29, 1.82) is 0 Å². The summed E-state index contributed by atoms with van der Waals surface area (Å²) in [4.78, 5) is 45.9. The minimum Gasteiger partial charge on any atom is -0.480 e. The van der Waals surface area contributed by atoms with Crippen molar-refractivity contribution in [3.8, 4) is 0 Å². The number of phosphoric acid groups is 1. The van der Waals surface area contributed by atoms with Crippen LogP contribution in [0.1, 0.15) is 162 Å². The molecule has 0 saturated heterocycles. The summed E-state index contributed by atoms with van der Waals surface area (Å²) in [6.07, 6.45) is 36.3. The molecule has 0 amide bonds. The molecular weight excluding hydrogens is 725 g/mol. The predicted molar refractivity (Wildman–Crippen MR) is 218 cm³/mol. The van der Waals surface area contributed by atoms with Crippen LogP contribution in [0.25, 0.3) is 0 Å². The molecule has 55 heavy (non-hydrogen) atoms. The van der Waals surface area contributed by atoms with Crippen LogP contribution < -0.4 is 5.73 Å². The first-order chi connectivity index (χ1) is 26.5. The molecule has 0 aliphatic carbocycles. The Labute approximate surface area is 331 Å². The van der Waals surface area contributed by atoms with Gasteiger partial charge in [0.1, 0.15) is 12.6 Å². The zero-order chi connectivity index (χ0) is 40.8. The highest BCUT2D eigenvalue weighted by Crippen LogP contribution is 2.43. The fourth-order valence-electron chi connectivity index (χ4n) is 5.36. The Balaban J connectivity index is 4.49. The lowest BCUT2D eigenvalue weighted by Crippen LogP contribution is -2.34. The second-order valence-corrected chi connectivity index (χ2v) is 15.4. The van der Waals surface area contributed by atoms with Crippen molar-refractivity contribution in [2.75, 3.05) is 19.8 Å². The molecular formula is C42H74NO11P. The fraction of sp³-hybridized carbons (Fsp3) is 0.738. The third kappa shape index (κ3) is 36.8. The van der Waals surface area contributed by atoms with Crippen molar-refractivity contribution in [3.05, 3.63) is 48.6 Å². The van der Waals surface area contributed by atoms with E-state index in [1.165, 1.54) is 38.5 Å². The van der Waals surface area contributed by atoms with Crippen molar-refractivity contribution in [2.45, 2.75) is 180 Å². The molecule has 0 aliphatic rings. The first-order valence-corrected chi connectivity index (χ1v) is 22.3. The summed E-state index contributed by atoms with van der Waals surface area (Å²) >= 11 is 0. The SMILES string of the molecule is CC/C=C/C/C=C/C=C/C(O)CCCCCCCC(=O)OC[C@H](COP(=O)(O)OC[C@H](N)C(=O)O)OC(=O)CCCCCCC/C=C\CCCCCCCC. The third-order valence-electron chi connectivity index (χ3n) is 8.66. The van der Waals surface area contributed by atoms with E-state index in [2.05, 4.69) is 42.7 Å². The van der Waals surface area contributed by atoms with E-state index in [1.807, 2.05) is 18.2 Å². The largest absolute Gasteiger partial charge is 0.480 e. The second kappa shape index (κ2) is 37.0. The number of carboxylic acids is 1. The van der Waals surface area contributed by atoms with Gasteiger partial charge in [0.15, 0.2) is 6.10 Å². The van der Waals surface area contributed by atoms with Crippen LogP contribution in [0.5, 0.6) is 0 Å². The Morgan fingerprint density at radius 3 is 1.85 bits per heavy atom. The molecule has 0 aromatic heterocycles. The Morgan fingerprint density at radius 2 is 1.24 bits per heavy atom. The van der Waals surface area contributed by atoms with Gasteiger partial charge in [0.2, 0.25) is 0 Å². The van der Waals surface area contributed by atoms with Gasteiger partial charge in [0.25, 0.3) is 0 Å². The lowest BCUT2D eigenvalue weighted by atomic mass is 10.1. The molecule has 0 bridgehead atoms. The van der Waals surface area contributed by atoms with Gasteiger partial charge in [-0.25, -0.2) is 4.57 Å². The number of rotatable bonds is 38. The maximum absolute atomic E-state index is 12.6. The molecule has 0 spiro atoms. The van der Waals surface area contributed by atoms with Crippen molar-refractivity contribution < 1.29 is 52.6 Å². The average Bonchev–Trinajstić information content (AvgIpc) is 3.15. The number of carbonyl (C=O) groups is 3. The Bertz CT molecular complexity index is 1140. The van der Waals surface area contributed by atoms with Crippen molar-refractivity contribution >= 4 is 25.7 Å². The van der Waals surface area contributed by atoms with Crippen molar-refractivity contribution in [1.82, 2.24) is 0 Å². The van der Waals surface area contributed by atoms with Crippen LogP contribution >= 0.6 is 7.82 Å². The molecule has 0 radical (unpaired) electrons. The van der Waals surface area contributed by atoms with Crippen LogP contribution in [-0.4, -0.2) is 71.1 Å². The van der Waals surface area contributed by atoms with Gasteiger partial charge in [-0.15, -0.1) is 0 Å². The Morgan fingerprint density at radius 1 is 0.673 bits per heavy atom. The summed E-state index contributed by atoms with van der Waals surface area (Å²) in [6, 6.07) is -1.54. The number of carboxylic acid groups (broad SMARTS) is 1. The quantitative estimate of drug-likeness (QED) is 0.0152. The normalized spacial score (nSPS) is 14.9. The maximum atomic E-state index is 12.6. The molecule has 13 heteroatoms. The van der Waals surface area contributed by atoms with Crippen LogP contribution in [0.4, 0.5) is 0 Å². The number of aliphatic hydroxyl groups excluding tert-OH is 1. The van der Waals surface area contributed by atoms with E-state index < -0.39 is 57.2 Å². The van der Waals surface area contributed by atoms with Gasteiger partial charge in [0.05, 0.1) is 19.3 Å². The van der Waals surface area contributed by atoms with Crippen LogP contribution in [0, 0.1) is 0 Å².